The van der Waals surface area contributed by atoms with E-state index in [0.29, 0.717) is 32.4 Å². The number of halogens is 1. The lowest BCUT2D eigenvalue weighted by Crippen LogP contribution is -2.32. The lowest BCUT2D eigenvalue weighted by molar-refractivity contribution is -0.138. The minimum Gasteiger partial charge on any atom is -0.481 e. The van der Waals surface area contributed by atoms with Crippen LogP contribution in [0.4, 0.5) is 0 Å². The maximum Gasteiger partial charge on any atom is 0.303 e. The minimum atomic E-state index is -0.838. The second-order valence-electron chi connectivity index (χ2n) is 5.50. The molecule has 0 bridgehead atoms. The Morgan fingerprint density at radius 1 is 1.08 bits per heavy atom. The predicted octanol–water partition coefficient (Wildman–Crippen LogP) is 4.23. The molecule has 0 atom stereocenters. The van der Waals surface area contributed by atoms with Gasteiger partial charge >= 0.3 is 5.97 Å². The van der Waals surface area contributed by atoms with E-state index in [1.54, 1.807) is 4.90 Å². The molecule has 0 aliphatic heterocycles. The van der Waals surface area contributed by atoms with Gasteiger partial charge in [0.2, 0.25) is 5.91 Å². The molecule has 2 rings (SSSR count). The van der Waals surface area contributed by atoms with Crippen molar-refractivity contribution in [2.24, 2.45) is 0 Å². The van der Waals surface area contributed by atoms with E-state index in [2.05, 4.69) is 0 Å². The summed E-state index contributed by atoms with van der Waals surface area (Å²) in [4.78, 5) is 26.1. The monoisotopic (exact) mass is 365 g/mol. The summed E-state index contributed by atoms with van der Waals surface area (Å²) in [5.41, 5.74) is 1.04. The SMILES string of the molecule is O=C(O)CCCN(Cc1ccccc1)C(=O)CCc1ccc(Cl)s1. The van der Waals surface area contributed by atoms with Crippen LogP contribution in [-0.4, -0.2) is 28.4 Å². The van der Waals surface area contributed by atoms with E-state index in [0.717, 1.165) is 14.8 Å². The van der Waals surface area contributed by atoms with Crippen LogP contribution < -0.4 is 0 Å². The van der Waals surface area contributed by atoms with Crippen molar-refractivity contribution < 1.29 is 14.7 Å². The lowest BCUT2D eigenvalue weighted by atomic mass is 10.1. The molecular formula is C18H20ClNO3S. The number of carbonyl (C=O) groups excluding carboxylic acids is 1. The summed E-state index contributed by atoms with van der Waals surface area (Å²) >= 11 is 7.40. The number of carbonyl (C=O) groups is 2. The number of aliphatic carboxylic acids is 1. The third-order valence-electron chi connectivity index (χ3n) is 3.60. The third-order valence-corrected chi connectivity index (χ3v) is 4.89. The number of nitrogens with zero attached hydrogens (tertiary/aromatic N) is 1. The molecule has 1 aromatic heterocycles. The molecule has 0 saturated heterocycles. The number of thiophene rings is 1. The summed E-state index contributed by atoms with van der Waals surface area (Å²) in [6.45, 7) is 0.954. The van der Waals surface area contributed by atoms with Gasteiger partial charge in [-0.15, -0.1) is 11.3 Å². The van der Waals surface area contributed by atoms with E-state index in [9.17, 15) is 9.59 Å². The molecule has 0 saturated carbocycles. The van der Waals surface area contributed by atoms with Crippen LogP contribution in [0.15, 0.2) is 42.5 Å². The second-order valence-corrected chi connectivity index (χ2v) is 7.30. The van der Waals surface area contributed by atoms with Crippen molar-refractivity contribution in [1.29, 1.82) is 0 Å². The quantitative estimate of drug-likeness (QED) is 0.723. The average molecular weight is 366 g/mol. The molecule has 0 spiro atoms. The Balaban J connectivity index is 1.94. The fraction of sp³-hybridized carbons (Fsp3) is 0.333. The molecule has 24 heavy (non-hydrogen) atoms. The number of carboxylic acids is 1. The smallest absolute Gasteiger partial charge is 0.303 e. The van der Waals surface area contributed by atoms with E-state index >= 15 is 0 Å². The van der Waals surface area contributed by atoms with Crippen LogP contribution in [0.25, 0.3) is 0 Å². The van der Waals surface area contributed by atoms with Gasteiger partial charge in [0.25, 0.3) is 0 Å². The lowest BCUT2D eigenvalue weighted by Gasteiger charge is -2.22. The standard InChI is InChI=1S/C18H20ClNO3S/c19-16-10-8-15(24-16)9-11-17(21)20(12-4-7-18(22)23)13-14-5-2-1-3-6-14/h1-3,5-6,8,10H,4,7,9,11-13H2,(H,22,23). The number of aryl methyl sites for hydroxylation is 1. The summed E-state index contributed by atoms with van der Waals surface area (Å²) in [7, 11) is 0. The summed E-state index contributed by atoms with van der Waals surface area (Å²) in [6.07, 6.45) is 1.58. The molecule has 1 amide bonds. The summed E-state index contributed by atoms with van der Waals surface area (Å²) in [6, 6.07) is 13.5. The molecule has 0 aliphatic rings. The van der Waals surface area contributed by atoms with Gasteiger partial charge in [0.1, 0.15) is 0 Å². The maximum absolute atomic E-state index is 12.6. The predicted molar refractivity (Wildman–Crippen MR) is 96.4 cm³/mol. The van der Waals surface area contributed by atoms with Crippen LogP contribution in [0.5, 0.6) is 0 Å². The molecule has 2 aromatic rings. The Morgan fingerprint density at radius 2 is 1.83 bits per heavy atom. The van der Waals surface area contributed by atoms with Gasteiger partial charge in [-0.05, 0) is 30.5 Å². The Bertz CT molecular complexity index is 672. The van der Waals surface area contributed by atoms with Gasteiger partial charge < -0.3 is 10.0 Å². The van der Waals surface area contributed by atoms with E-state index < -0.39 is 5.97 Å². The van der Waals surface area contributed by atoms with Gasteiger partial charge in [-0.3, -0.25) is 9.59 Å². The molecule has 1 aromatic carbocycles. The van der Waals surface area contributed by atoms with Gasteiger partial charge in [-0.25, -0.2) is 0 Å². The van der Waals surface area contributed by atoms with E-state index in [-0.39, 0.29) is 12.3 Å². The maximum atomic E-state index is 12.6. The fourth-order valence-electron chi connectivity index (χ4n) is 2.39. The van der Waals surface area contributed by atoms with E-state index in [4.69, 9.17) is 16.7 Å². The normalized spacial score (nSPS) is 10.5. The number of hydrogen-bond acceptors (Lipinski definition) is 3. The van der Waals surface area contributed by atoms with Crippen molar-refractivity contribution in [3.63, 3.8) is 0 Å². The Hall–Kier alpha value is -1.85. The largest absolute Gasteiger partial charge is 0.481 e. The zero-order valence-electron chi connectivity index (χ0n) is 13.3. The number of amides is 1. The van der Waals surface area contributed by atoms with Crippen LogP contribution in [0, 0.1) is 0 Å². The fourth-order valence-corrected chi connectivity index (χ4v) is 3.48. The van der Waals surface area contributed by atoms with E-state index in [1.807, 2.05) is 42.5 Å². The van der Waals surface area contributed by atoms with Crippen molar-refractivity contribution >= 4 is 34.8 Å². The summed E-state index contributed by atoms with van der Waals surface area (Å²) in [5.74, 6) is -0.802. The highest BCUT2D eigenvalue weighted by atomic mass is 35.5. The molecule has 0 radical (unpaired) electrons. The highest BCUT2D eigenvalue weighted by Gasteiger charge is 2.15. The molecule has 128 valence electrons. The number of rotatable bonds is 9. The van der Waals surface area contributed by atoms with Crippen LogP contribution >= 0.6 is 22.9 Å². The van der Waals surface area contributed by atoms with Crippen molar-refractivity contribution in [3.8, 4) is 0 Å². The first-order chi connectivity index (χ1) is 11.5. The highest BCUT2D eigenvalue weighted by molar-refractivity contribution is 7.16. The van der Waals surface area contributed by atoms with E-state index in [1.165, 1.54) is 11.3 Å². The molecule has 0 aliphatic carbocycles. The van der Waals surface area contributed by atoms with Crippen molar-refractivity contribution in [2.75, 3.05) is 6.54 Å². The van der Waals surface area contributed by atoms with Crippen molar-refractivity contribution in [3.05, 3.63) is 57.2 Å². The first-order valence-corrected chi connectivity index (χ1v) is 9.02. The molecular weight excluding hydrogens is 346 g/mol. The molecule has 0 unspecified atom stereocenters. The zero-order valence-corrected chi connectivity index (χ0v) is 14.9. The minimum absolute atomic E-state index is 0.0359. The van der Waals surface area contributed by atoms with Gasteiger partial charge in [-0.2, -0.15) is 0 Å². The molecule has 6 heteroatoms. The number of hydrogen-bond donors (Lipinski definition) is 1. The molecule has 0 fully saturated rings. The summed E-state index contributed by atoms with van der Waals surface area (Å²) in [5, 5.41) is 8.79. The van der Waals surface area contributed by atoms with Gasteiger partial charge in [-0.1, -0.05) is 41.9 Å². The molecule has 1 heterocycles. The highest BCUT2D eigenvalue weighted by Crippen LogP contribution is 2.22. The average Bonchev–Trinajstić information content (AvgIpc) is 2.98. The first kappa shape index (κ1) is 18.5. The van der Waals surface area contributed by atoms with Crippen LogP contribution in [-0.2, 0) is 22.6 Å². The Kier molecular flexibility index (Phi) is 7.28. The third kappa shape index (κ3) is 6.34. The summed E-state index contributed by atoms with van der Waals surface area (Å²) < 4.78 is 0.722. The van der Waals surface area contributed by atoms with Crippen LogP contribution in [0.1, 0.15) is 29.7 Å². The molecule has 4 nitrogen and oxygen atoms in total. The number of carboxylic acid groups (broad SMARTS) is 1. The second kappa shape index (κ2) is 9.45. The molecule has 1 N–H and O–H groups in total. The topological polar surface area (TPSA) is 57.6 Å². The zero-order chi connectivity index (χ0) is 17.4. The Morgan fingerprint density at radius 3 is 2.46 bits per heavy atom. The van der Waals surface area contributed by atoms with Gasteiger partial charge in [0.05, 0.1) is 4.34 Å². The van der Waals surface area contributed by atoms with Gasteiger partial charge in [0.15, 0.2) is 0 Å². The van der Waals surface area contributed by atoms with Crippen LogP contribution in [0.2, 0.25) is 4.34 Å². The number of benzene rings is 1. The Labute approximate surface area is 150 Å². The van der Waals surface area contributed by atoms with Crippen molar-refractivity contribution in [2.45, 2.75) is 32.2 Å². The first-order valence-electron chi connectivity index (χ1n) is 7.82. The van der Waals surface area contributed by atoms with Gasteiger partial charge in [0, 0.05) is 30.8 Å². The van der Waals surface area contributed by atoms with Crippen molar-refractivity contribution in [1.82, 2.24) is 4.90 Å². The van der Waals surface area contributed by atoms with Crippen LogP contribution in [0.3, 0.4) is 0 Å².